The van der Waals surface area contributed by atoms with E-state index in [0.717, 1.165) is 5.56 Å². The maximum absolute atomic E-state index is 11.3. The first-order valence-electron chi connectivity index (χ1n) is 6.94. The summed E-state index contributed by atoms with van der Waals surface area (Å²) in [5, 5.41) is 11.7. The van der Waals surface area contributed by atoms with E-state index in [1.54, 1.807) is 12.1 Å². The summed E-state index contributed by atoms with van der Waals surface area (Å²) in [5.74, 6) is -0.873. The van der Waals surface area contributed by atoms with Crippen molar-refractivity contribution in [2.75, 3.05) is 0 Å². The summed E-state index contributed by atoms with van der Waals surface area (Å²) in [6.45, 7) is 2.07. The Morgan fingerprint density at radius 3 is 2.48 bits per heavy atom. The summed E-state index contributed by atoms with van der Waals surface area (Å²) in [6, 6.07) is 19.7. The third-order valence-electron chi connectivity index (χ3n) is 3.72. The molecule has 0 saturated carbocycles. The van der Waals surface area contributed by atoms with Crippen LogP contribution in [0.1, 0.15) is 27.0 Å². The highest BCUT2D eigenvalue weighted by Crippen LogP contribution is 2.24. The molecule has 3 aromatic carbocycles. The molecule has 0 radical (unpaired) electrons. The van der Waals surface area contributed by atoms with E-state index in [1.807, 2.05) is 24.3 Å². The number of rotatable bonds is 3. The van der Waals surface area contributed by atoms with Gasteiger partial charge >= 0.3 is 5.97 Å². The number of carboxylic acids is 1. The van der Waals surface area contributed by atoms with Crippen LogP contribution in [-0.4, -0.2) is 11.1 Å². The molecule has 3 aromatic rings. The number of benzene rings is 3. The second-order valence-corrected chi connectivity index (χ2v) is 5.28. The van der Waals surface area contributed by atoms with Crippen molar-refractivity contribution in [2.45, 2.75) is 13.3 Å². The van der Waals surface area contributed by atoms with Gasteiger partial charge in [0.15, 0.2) is 0 Å². The number of carbonyl (C=O) groups is 1. The minimum absolute atomic E-state index is 0.378. The van der Waals surface area contributed by atoms with E-state index in [9.17, 15) is 9.90 Å². The van der Waals surface area contributed by atoms with Crippen LogP contribution in [0.2, 0.25) is 0 Å². The van der Waals surface area contributed by atoms with Crippen molar-refractivity contribution in [1.29, 1.82) is 0 Å². The van der Waals surface area contributed by atoms with Gasteiger partial charge in [-0.1, -0.05) is 60.2 Å². The van der Waals surface area contributed by atoms with Gasteiger partial charge in [0.25, 0.3) is 0 Å². The van der Waals surface area contributed by atoms with Gasteiger partial charge in [0.2, 0.25) is 0 Å². The van der Waals surface area contributed by atoms with Crippen molar-refractivity contribution in [3.8, 4) is 0 Å². The van der Waals surface area contributed by atoms with Crippen LogP contribution in [0, 0.1) is 6.92 Å². The first-order valence-corrected chi connectivity index (χ1v) is 6.94. The Kier molecular flexibility index (Phi) is 3.44. The molecule has 0 aromatic heterocycles. The lowest BCUT2D eigenvalue weighted by Crippen LogP contribution is -2.03. The van der Waals surface area contributed by atoms with Gasteiger partial charge in [-0.25, -0.2) is 4.79 Å². The molecular weight excluding hydrogens is 260 g/mol. The Bertz CT molecular complexity index is 819. The zero-order chi connectivity index (χ0) is 14.8. The van der Waals surface area contributed by atoms with E-state index in [4.69, 9.17) is 0 Å². The van der Waals surface area contributed by atoms with Gasteiger partial charge in [-0.3, -0.25) is 0 Å². The van der Waals surface area contributed by atoms with Crippen molar-refractivity contribution in [1.82, 2.24) is 0 Å². The summed E-state index contributed by atoms with van der Waals surface area (Å²) in [5.41, 5.74) is 3.58. The van der Waals surface area contributed by atoms with Crippen LogP contribution >= 0.6 is 0 Å². The molecular formula is C19H16O2. The lowest BCUT2D eigenvalue weighted by Gasteiger charge is -2.10. The molecule has 21 heavy (non-hydrogen) atoms. The van der Waals surface area contributed by atoms with E-state index in [2.05, 4.69) is 31.2 Å². The van der Waals surface area contributed by atoms with E-state index in [1.165, 1.54) is 21.9 Å². The van der Waals surface area contributed by atoms with E-state index >= 15 is 0 Å². The number of fused-ring (bicyclic) bond motifs is 1. The number of hydrogen-bond acceptors (Lipinski definition) is 1. The quantitative estimate of drug-likeness (QED) is 0.768. The predicted octanol–water partition coefficient (Wildman–Crippen LogP) is 4.44. The third-order valence-corrected chi connectivity index (χ3v) is 3.72. The van der Waals surface area contributed by atoms with Crippen molar-refractivity contribution < 1.29 is 9.90 Å². The summed E-state index contributed by atoms with van der Waals surface area (Å²) >= 11 is 0. The Hall–Kier alpha value is -2.61. The molecule has 2 nitrogen and oxygen atoms in total. The lowest BCUT2D eigenvalue weighted by molar-refractivity contribution is 0.0696. The second-order valence-electron chi connectivity index (χ2n) is 5.28. The average molecular weight is 276 g/mol. The molecule has 0 spiro atoms. The van der Waals surface area contributed by atoms with Crippen LogP contribution in [0.5, 0.6) is 0 Å². The summed E-state index contributed by atoms with van der Waals surface area (Å²) in [6.07, 6.45) is 0.630. The number of carboxylic acid groups (broad SMARTS) is 1. The Morgan fingerprint density at radius 2 is 1.67 bits per heavy atom. The largest absolute Gasteiger partial charge is 0.478 e. The molecule has 0 fully saturated rings. The third kappa shape index (κ3) is 2.65. The molecule has 0 amide bonds. The first kappa shape index (κ1) is 13.4. The van der Waals surface area contributed by atoms with Crippen molar-refractivity contribution in [2.24, 2.45) is 0 Å². The van der Waals surface area contributed by atoms with Gasteiger partial charge in [-0.2, -0.15) is 0 Å². The topological polar surface area (TPSA) is 37.3 Å². The smallest absolute Gasteiger partial charge is 0.335 e. The van der Waals surface area contributed by atoms with E-state index in [0.29, 0.717) is 12.0 Å². The van der Waals surface area contributed by atoms with Crippen molar-refractivity contribution in [3.63, 3.8) is 0 Å². The van der Waals surface area contributed by atoms with E-state index in [-0.39, 0.29) is 0 Å². The molecule has 3 rings (SSSR count). The fourth-order valence-corrected chi connectivity index (χ4v) is 2.79. The maximum atomic E-state index is 11.3. The average Bonchev–Trinajstić information content (AvgIpc) is 2.47. The molecule has 1 N–H and O–H groups in total. The first-order chi connectivity index (χ1) is 10.1. The highest BCUT2D eigenvalue weighted by molar-refractivity contribution is 5.90. The molecule has 0 aliphatic carbocycles. The lowest BCUT2D eigenvalue weighted by atomic mass is 9.94. The van der Waals surface area contributed by atoms with Gasteiger partial charge in [-0.15, -0.1) is 0 Å². The highest BCUT2D eigenvalue weighted by atomic mass is 16.4. The number of aromatic carboxylic acids is 1. The van der Waals surface area contributed by atoms with Crippen LogP contribution in [0.3, 0.4) is 0 Å². The second kappa shape index (κ2) is 5.41. The van der Waals surface area contributed by atoms with Gasteiger partial charge in [0.05, 0.1) is 5.56 Å². The molecule has 0 saturated heterocycles. The summed E-state index contributed by atoms with van der Waals surface area (Å²) in [4.78, 5) is 11.3. The molecule has 0 aliphatic rings. The van der Waals surface area contributed by atoms with Gasteiger partial charge in [0.1, 0.15) is 0 Å². The zero-order valence-corrected chi connectivity index (χ0v) is 11.8. The maximum Gasteiger partial charge on any atom is 0.335 e. The molecule has 0 atom stereocenters. The molecule has 0 bridgehead atoms. The van der Waals surface area contributed by atoms with Crippen molar-refractivity contribution >= 4 is 16.7 Å². The minimum Gasteiger partial charge on any atom is -0.478 e. The fourth-order valence-electron chi connectivity index (χ4n) is 2.79. The summed E-state index contributed by atoms with van der Waals surface area (Å²) < 4.78 is 0. The fraction of sp³-hybridized carbons (Fsp3) is 0.105. The molecule has 104 valence electrons. The predicted molar refractivity (Wildman–Crippen MR) is 84.9 cm³/mol. The van der Waals surface area contributed by atoms with E-state index < -0.39 is 5.97 Å². The summed E-state index contributed by atoms with van der Waals surface area (Å²) in [7, 11) is 0. The van der Waals surface area contributed by atoms with Crippen LogP contribution < -0.4 is 0 Å². The highest BCUT2D eigenvalue weighted by Gasteiger charge is 2.11. The monoisotopic (exact) mass is 276 g/mol. The number of aryl methyl sites for hydroxylation is 1. The number of hydrogen-bond donors (Lipinski definition) is 1. The van der Waals surface area contributed by atoms with Gasteiger partial charge < -0.3 is 5.11 Å². The minimum atomic E-state index is -0.873. The standard InChI is InChI=1S/C19H16O2/c1-13-10-14-6-2-4-8-17(14)16(11-13)12-15-7-3-5-9-18(15)19(20)21/h2-11H,12H2,1H3,(H,20,21). The Labute approximate surface area is 123 Å². The SMILES string of the molecule is Cc1cc(Cc2ccccc2C(=O)O)c2ccccc2c1. The Morgan fingerprint density at radius 1 is 0.952 bits per heavy atom. The van der Waals surface area contributed by atoms with Gasteiger partial charge in [-0.05, 0) is 41.3 Å². The van der Waals surface area contributed by atoms with Crippen molar-refractivity contribution in [3.05, 3.63) is 82.9 Å². The van der Waals surface area contributed by atoms with Crippen LogP contribution in [0.15, 0.2) is 60.7 Å². The molecule has 0 aliphatic heterocycles. The normalized spacial score (nSPS) is 10.7. The van der Waals surface area contributed by atoms with Crippen LogP contribution in [0.25, 0.3) is 10.8 Å². The molecule has 0 unspecified atom stereocenters. The molecule has 0 heterocycles. The van der Waals surface area contributed by atoms with Gasteiger partial charge in [0, 0.05) is 0 Å². The van der Waals surface area contributed by atoms with Crippen LogP contribution in [0.4, 0.5) is 0 Å². The van der Waals surface area contributed by atoms with Crippen LogP contribution in [-0.2, 0) is 6.42 Å². The zero-order valence-electron chi connectivity index (χ0n) is 11.8. The molecule has 2 heteroatoms. The Balaban J connectivity index is 2.13.